The Morgan fingerprint density at radius 3 is 2.79 bits per heavy atom. The minimum atomic E-state index is 0.0198. The zero-order chi connectivity index (χ0) is 16.9. The summed E-state index contributed by atoms with van der Waals surface area (Å²) >= 11 is 0. The molecule has 0 bridgehead atoms. The minimum absolute atomic E-state index is 0.0198. The Morgan fingerprint density at radius 2 is 2.08 bits per heavy atom. The number of rotatable bonds is 4. The van der Waals surface area contributed by atoms with Gasteiger partial charge in [0.25, 0.3) is 0 Å². The van der Waals surface area contributed by atoms with Crippen molar-refractivity contribution in [3.63, 3.8) is 0 Å². The number of piperazine rings is 1. The molecule has 0 aliphatic carbocycles. The van der Waals surface area contributed by atoms with E-state index < -0.39 is 0 Å². The molecule has 6 nitrogen and oxygen atoms in total. The molecule has 0 atom stereocenters. The van der Waals surface area contributed by atoms with Gasteiger partial charge in [0.15, 0.2) is 0 Å². The van der Waals surface area contributed by atoms with Crippen molar-refractivity contribution in [1.82, 2.24) is 15.1 Å². The monoisotopic (exact) mass is 331 g/mol. The van der Waals surface area contributed by atoms with E-state index in [0.717, 1.165) is 37.2 Å². The van der Waals surface area contributed by atoms with Crippen LogP contribution >= 0.6 is 0 Å². The van der Waals surface area contributed by atoms with Gasteiger partial charge in [-0.2, -0.15) is 0 Å². The van der Waals surface area contributed by atoms with Crippen LogP contribution in [0.1, 0.15) is 18.4 Å². The molecule has 2 aliphatic rings. The predicted molar refractivity (Wildman–Crippen MR) is 90.6 cm³/mol. The molecule has 0 aromatic heterocycles. The van der Waals surface area contributed by atoms with Crippen LogP contribution in [0, 0.1) is 5.92 Å². The van der Waals surface area contributed by atoms with Gasteiger partial charge in [0, 0.05) is 25.6 Å². The van der Waals surface area contributed by atoms with Gasteiger partial charge in [-0.05, 0) is 43.6 Å². The highest BCUT2D eigenvalue weighted by Crippen LogP contribution is 2.19. The van der Waals surface area contributed by atoms with Crippen molar-refractivity contribution in [2.75, 3.05) is 39.8 Å². The van der Waals surface area contributed by atoms with Crippen LogP contribution < -0.4 is 10.1 Å². The minimum Gasteiger partial charge on any atom is -0.497 e. The third kappa shape index (κ3) is 3.87. The van der Waals surface area contributed by atoms with Gasteiger partial charge >= 0.3 is 0 Å². The lowest BCUT2D eigenvalue weighted by atomic mass is 9.96. The van der Waals surface area contributed by atoms with Gasteiger partial charge in [0.05, 0.1) is 13.7 Å². The lowest BCUT2D eigenvalue weighted by Gasteiger charge is -2.36. The second kappa shape index (κ2) is 7.66. The molecule has 1 N–H and O–H groups in total. The van der Waals surface area contributed by atoms with Gasteiger partial charge in [0.2, 0.25) is 11.8 Å². The Bertz CT molecular complexity index is 599. The number of amides is 2. The number of methoxy groups -OCH3 is 1. The second-order valence-electron chi connectivity index (χ2n) is 6.45. The first-order chi connectivity index (χ1) is 11.7. The predicted octanol–water partition coefficient (Wildman–Crippen LogP) is 0.866. The molecule has 1 aromatic rings. The molecule has 1 aromatic carbocycles. The number of hydrogen-bond acceptors (Lipinski definition) is 4. The molecule has 2 saturated heterocycles. The molecule has 2 heterocycles. The lowest BCUT2D eigenvalue weighted by Crippen LogP contribution is -2.53. The van der Waals surface area contributed by atoms with Crippen molar-refractivity contribution < 1.29 is 14.3 Å². The van der Waals surface area contributed by atoms with Crippen LogP contribution in [0.5, 0.6) is 5.75 Å². The van der Waals surface area contributed by atoms with Crippen molar-refractivity contribution in [2.45, 2.75) is 19.4 Å². The van der Waals surface area contributed by atoms with E-state index in [0.29, 0.717) is 19.6 Å². The van der Waals surface area contributed by atoms with E-state index in [1.54, 1.807) is 12.0 Å². The van der Waals surface area contributed by atoms with Crippen LogP contribution in [0.3, 0.4) is 0 Å². The highest BCUT2D eigenvalue weighted by atomic mass is 16.5. The maximum absolute atomic E-state index is 12.6. The van der Waals surface area contributed by atoms with Crippen LogP contribution in [0.4, 0.5) is 0 Å². The van der Waals surface area contributed by atoms with Gasteiger partial charge in [-0.25, -0.2) is 0 Å². The van der Waals surface area contributed by atoms with Gasteiger partial charge in [-0.1, -0.05) is 12.1 Å². The first-order valence-corrected chi connectivity index (χ1v) is 8.57. The van der Waals surface area contributed by atoms with E-state index in [9.17, 15) is 9.59 Å². The summed E-state index contributed by atoms with van der Waals surface area (Å²) < 4.78 is 5.23. The Hall–Kier alpha value is -2.08. The van der Waals surface area contributed by atoms with Crippen molar-refractivity contribution in [3.05, 3.63) is 29.8 Å². The molecule has 6 heteroatoms. The quantitative estimate of drug-likeness (QED) is 0.889. The average Bonchev–Trinajstić information content (AvgIpc) is 2.63. The van der Waals surface area contributed by atoms with Crippen LogP contribution in [0.25, 0.3) is 0 Å². The molecule has 2 aliphatic heterocycles. The summed E-state index contributed by atoms with van der Waals surface area (Å²) in [7, 11) is 1.63. The number of hydrogen-bond donors (Lipinski definition) is 1. The number of nitrogens with zero attached hydrogens (tertiary/aromatic N) is 2. The van der Waals surface area contributed by atoms with Crippen LogP contribution in [-0.4, -0.2) is 61.4 Å². The maximum Gasteiger partial charge on any atom is 0.242 e. The Morgan fingerprint density at radius 1 is 1.29 bits per heavy atom. The molecule has 2 amide bonds. The van der Waals surface area contributed by atoms with E-state index in [2.05, 4.69) is 5.32 Å². The van der Waals surface area contributed by atoms with Gasteiger partial charge < -0.3 is 19.9 Å². The first kappa shape index (κ1) is 16.8. The number of benzene rings is 1. The number of piperidine rings is 1. The summed E-state index contributed by atoms with van der Waals surface area (Å²) in [6.45, 7) is 3.75. The van der Waals surface area contributed by atoms with Gasteiger partial charge in [-0.15, -0.1) is 0 Å². The summed E-state index contributed by atoms with van der Waals surface area (Å²) in [4.78, 5) is 28.6. The fourth-order valence-corrected chi connectivity index (χ4v) is 3.38. The average molecular weight is 331 g/mol. The van der Waals surface area contributed by atoms with Gasteiger partial charge in [-0.3, -0.25) is 9.59 Å². The number of ether oxygens (including phenoxy) is 1. The van der Waals surface area contributed by atoms with Crippen molar-refractivity contribution in [3.8, 4) is 5.75 Å². The Labute approximate surface area is 142 Å². The van der Waals surface area contributed by atoms with E-state index in [1.807, 2.05) is 29.2 Å². The largest absolute Gasteiger partial charge is 0.497 e. The molecule has 130 valence electrons. The van der Waals surface area contributed by atoms with Crippen LogP contribution in [0.15, 0.2) is 24.3 Å². The van der Waals surface area contributed by atoms with Crippen molar-refractivity contribution >= 4 is 11.8 Å². The van der Waals surface area contributed by atoms with E-state index in [-0.39, 0.29) is 24.3 Å². The first-order valence-electron chi connectivity index (χ1n) is 8.57. The van der Waals surface area contributed by atoms with Crippen molar-refractivity contribution in [2.24, 2.45) is 5.92 Å². The molecular formula is C18H25N3O3. The SMILES string of the molecule is COc1cccc(CN2CCN(C(=O)C3CCNCC3)CC2=O)c1. The molecule has 3 rings (SSSR count). The zero-order valence-corrected chi connectivity index (χ0v) is 14.2. The molecular weight excluding hydrogens is 306 g/mol. The summed E-state index contributed by atoms with van der Waals surface area (Å²) in [5.74, 6) is 1.03. The molecule has 0 spiro atoms. The zero-order valence-electron chi connectivity index (χ0n) is 14.2. The number of carbonyl (C=O) groups is 2. The van der Waals surface area contributed by atoms with E-state index >= 15 is 0 Å². The molecule has 24 heavy (non-hydrogen) atoms. The summed E-state index contributed by atoms with van der Waals surface area (Å²) in [5, 5.41) is 3.27. The Kier molecular flexibility index (Phi) is 5.35. The molecule has 2 fully saturated rings. The molecule has 0 radical (unpaired) electrons. The summed E-state index contributed by atoms with van der Waals surface area (Å²) in [6.07, 6.45) is 1.74. The smallest absolute Gasteiger partial charge is 0.242 e. The third-order valence-electron chi connectivity index (χ3n) is 4.83. The molecule has 0 saturated carbocycles. The fraction of sp³-hybridized carbons (Fsp3) is 0.556. The topological polar surface area (TPSA) is 61.9 Å². The standard InChI is InChI=1S/C18H25N3O3/c1-24-16-4-2-3-14(11-16)12-20-9-10-21(13-17(20)22)18(23)15-5-7-19-8-6-15/h2-4,11,15,19H,5-10,12-13H2,1H3. The maximum atomic E-state index is 12.6. The second-order valence-corrected chi connectivity index (χ2v) is 6.45. The third-order valence-corrected chi connectivity index (χ3v) is 4.83. The highest BCUT2D eigenvalue weighted by Gasteiger charge is 2.31. The number of carbonyl (C=O) groups excluding carboxylic acids is 2. The van der Waals surface area contributed by atoms with Crippen LogP contribution in [-0.2, 0) is 16.1 Å². The Balaban J connectivity index is 1.56. The summed E-state index contributed by atoms with van der Waals surface area (Å²) in [6, 6.07) is 7.75. The van der Waals surface area contributed by atoms with Crippen LogP contribution in [0.2, 0.25) is 0 Å². The van der Waals surface area contributed by atoms with E-state index in [4.69, 9.17) is 4.74 Å². The lowest BCUT2D eigenvalue weighted by molar-refractivity contribution is -0.148. The van der Waals surface area contributed by atoms with Gasteiger partial charge in [0.1, 0.15) is 5.75 Å². The van der Waals surface area contributed by atoms with E-state index in [1.165, 1.54) is 0 Å². The number of nitrogens with one attached hydrogen (secondary N) is 1. The molecule has 0 unspecified atom stereocenters. The fourth-order valence-electron chi connectivity index (χ4n) is 3.38. The normalized spacial score (nSPS) is 19.5. The highest BCUT2D eigenvalue weighted by molar-refractivity contribution is 5.87. The van der Waals surface area contributed by atoms with Crippen molar-refractivity contribution in [1.29, 1.82) is 0 Å². The summed E-state index contributed by atoms with van der Waals surface area (Å²) in [5.41, 5.74) is 1.04.